The molecule has 1 aliphatic carbocycles. The zero-order valence-corrected chi connectivity index (χ0v) is 10.3. The Labute approximate surface area is 103 Å². The number of pyridine rings is 1. The van der Waals surface area contributed by atoms with Crippen LogP contribution in [0.4, 0.5) is 5.82 Å². The van der Waals surface area contributed by atoms with Gasteiger partial charge in [0.15, 0.2) is 0 Å². The Morgan fingerprint density at radius 3 is 3.06 bits per heavy atom. The molecule has 2 rings (SSSR count). The van der Waals surface area contributed by atoms with Gasteiger partial charge in [-0.15, -0.1) is 0 Å². The predicted molar refractivity (Wildman–Crippen MR) is 68.6 cm³/mol. The van der Waals surface area contributed by atoms with E-state index in [2.05, 4.69) is 23.3 Å². The number of nitrogens with zero attached hydrogens (tertiary/aromatic N) is 2. The van der Waals surface area contributed by atoms with Crippen LogP contribution in [0.25, 0.3) is 0 Å². The van der Waals surface area contributed by atoms with Crippen molar-refractivity contribution in [2.75, 3.05) is 5.32 Å². The fourth-order valence-corrected chi connectivity index (χ4v) is 2.66. The molecule has 17 heavy (non-hydrogen) atoms. The Balaban J connectivity index is 2.06. The lowest BCUT2D eigenvalue weighted by Gasteiger charge is -2.31. The van der Waals surface area contributed by atoms with E-state index in [0.29, 0.717) is 11.6 Å². The van der Waals surface area contributed by atoms with Crippen LogP contribution in [-0.2, 0) is 0 Å². The van der Waals surface area contributed by atoms with Crippen molar-refractivity contribution < 1.29 is 0 Å². The number of nitriles is 1. The first-order valence-corrected chi connectivity index (χ1v) is 6.46. The maximum atomic E-state index is 8.86. The monoisotopic (exact) mass is 229 g/mol. The van der Waals surface area contributed by atoms with Gasteiger partial charge in [0.1, 0.15) is 5.82 Å². The summed E-state index contributed by atoms with van der Waals surface area (Å²) < 4.78 is 0. The molecule has 1 N–H and O–H groups in total. The SMILES string of the molecule is CCC1CCCCC1Nc1cc(C#N)ccn1. The molecule has 1 heterocycles. The standard InChI is InChI=1S/C14H19N3/c1-2-12-5-3-4-6-13(12)17-14-9-11(10-15)7-8-16-14/h7-9,12-13H,2-6H2,1H3,(H,16,17). The van der Waals surface area contributed by atoms with Crippen molar-refractivity contribution in [3.63, 3.8) is 0 Å². The molecule has 1 saturated carbocycles. The van der Waals surface area contributed by atoms with Crippen molar-refractivity contribution in [1.82, 2.24) is 4.98 Å². The molecule has 0 aliphatic heterocycles. The first-order valence-electron chi connectivity index (χ1n) is 6.46. The van der Waals surface area contributed by atoms with Gasteiger partial charge in [0.05, 0.1) is 11.6 Å². The molecule has 3 nitrogen and oxygen atoms in total. The zero-order valence-electron chi connectivity index (χ0n) is 10.3. The van der Waals surface area contributed by atoms with Crippen molar-refractivity contribution in [2.24, 2.45) is 5.92 Å². The largest absolute Gasteiger partial charge is 0.367 e. The van der Waals surface area contributed by atoms with Gasteiger partial charge in [-0.1, -0.05) is 26.2 Å². The molecule has 1 fully saturated rings. The lowest BCUT2D eigenvalue weighted by atomic mass is 9.83. The van der Waals surface area contributed by atoms with E-state index in [-0.39, 0.29) is 0 Å². The van der Waals surface area contributed by atoms with Gasteiger partial charge >= 0.3 is 0 Å². The minimum absolute atomic E-state index is 0.523. The second kappa shape index (κ2) is 5.67. The van der Waals surface area contributed by atoms with Crippen LogP contribution in [0.1, 0.15) is 44.6 Å². The zero-order chi connectivity index (χ0) is 12.1. The highest BCUT2D eigenvalue weighted by Gasteiger charge is 2.23. The van der Waals surface area contributed by atoms with E-state index in [4.69, 9.17) is 5.26 Å². The second-order valence-corrected chi connectivity index (χ2v) is 4.75. The highest BCUT2D eigenvalue weighted by Crippen LogP contribution is 2.28. The summed E-state index contributed by atoms with van der Waals surface area (Å²) in [5.41, 5.74) is 0.673. The summed E-state index contributed by atoms with van der Waals surface area (Å²) in [4.78, 5) is 4.29. The van der Waals surface area contributed by atoms with Crippen LogP contribution in [0.5, 0.6) is 0 Å². The minimum Gasteiger partial charge on any atom is -0.367 e. The van der Waals surface area contributed by atoms with Gasteiger partial charge in [-0.25, -0.2) is 4.98 Å². The molecule has 0 amide bonds. The van der Waals surface area contributed by atoms with Gasteiger partial charge in [0.2, 0.25) is 0 Å². The van der Waals surface area contributed by atoms with Crippen molar-refractivity contribution in [3.05, 3.63) is 23.9 Å². The molecule has 2 unspecified atom stereocenters. The molecule has 0 aromatic carbocycles. The van der Waals surface area contributed by atoms with Crippen LogP contribution in [0.3, 0.4) is 0 Å². The smallest absolute Gasteiger partial charge is 0.127 e. The predicted octanol–water partition coefficient (Wildman–Crippen LogP) is 3.33. The lowest BCUT2D eigenvalue weighted by Crippen LogP contribution is -2.32. The summed E-state index contributed by atoms with van der Waals surface area (Å²) in [7, 11) is 0. The Hall–Kier alpha value is -1.56. The van der Waals surface area contributed by atoms with Crippen LogP contribution in [-0.4, -0.2) is 11.0 Å². The third-order valence-electron chi connectivity index (χ3n) is 3.66. The quantitative estimate of drug-likeness (QED) is 0.864. The van der Waals surface area contributed by atoms with E-state index in [1.165, 1.54) is 32.1 Å². The topological polar surface area (TPSA) is 48.7 Å². The van der Waals surface area contributed by atoms with Crippen LogP contribution >= 0.6 is 0 Å². The van der Waals surface area contributed by atoms with Crippen molar-refractivity contribution >= 4 is 5.82 Å². The van der Waals surface area contributed by atoms with Crippen LogP contribution in [0.2, 0.25) is 0 Å². The number of rotatable bonds is 3. The molecule has 0 bridgehead atoms. The number of nitrogens with one attached hydrogen (secondary N) is 1. The van der Waals surface area contributed by atoms with Gasteiger partial charge in [-0.2, -0.15) is 5.26 Å². The summed E-state index contributed by atoms with van der Waals surface area (Å²) in [5.74, 6) is 1.59. The van der Waals surface area contributed by atoms with Gasteiger partial charge in [0, 0.05) is 12.2 Å². The van der Waals surface area contributed by atoms with Crippen LogP contribution < -0.4 is 5.32 Å². The molecule has 1 aromatic rings. The van der Waals surface area contributed by atoms with Crippen LogP contribution in [0, 0.1) is 17.2 Å². The van der Waals surface area contributed by atoms with Crippen molar-refractivity contribution in [1.29, 1.82) is 5.26 Å². The Kier molecular flexibility index (Phi) is 3.98. The Morgan fingerprint density at radius 2 is 2.29 bits per heavy atom. The van der Waals surface area contributed by atoms with E-state index < -0.39 is 0 Å². The molecule has 0 spiro atoms. The molecule has 1 aliphatic rings. The molecular formula is C14H19N3. The first-order chi connectivity index (χ1) is 8.33. The maximum Gasteiger partial charge on any atom is 0.127 e. The summed E-state index contributed by atoms with van der Waals surface area (Å²) in [6.45, 7) is 2.25. The van der Waals surface area contributed by atoms with E-state index in [1.54, 1.807) is 12.3 Å². The van der Waals surface area contributed by atoms with Crippen molar-refractivity contribution in [3.8, 4) is 6.07 Å². The molecule has 90 valence electrons. The van der Waals surface area contributed by atoms with E-state index >= 15 is 0 Å². The fraction of sp³-hybridized carbons (Fsp3) is 0.571. The number of aromatic nitrogens is 1. The third kappa shape index (κ3) is 2.97. The Morgan fingerprint density at radius 1 is 1.47 bits per heavy atom. The third-order valence-corrected chi connectivity index (χ3v) is 3.66. The average molecular weight is 229 g/mol. The molecular weight excluding hydrogens is 210 g/mol. The highest BCUT2D eigenvalue weighted by atomic mass is 15.0. The van der Waals surface area contributed by atoms with Gasteiger partial charge in [-0.05, 0) is 30.9 Å². The van der Waals surface area contributed by atoms with E-state index in [1.807, 2.05) is 6.07 Å². The highest BCUT2D eigenvalue weighted by molar-refractivity contribution is 5.43. The first kappa shape index (κ1) is 11.9. The lowest BCUT2D eigenvalue weighted by molar-refractivity contribution is 0.317. The van der Waals surface area contributed by atoms with Gasteiger partial charge in [0.25, 0.3) is 0 Å². The molecule has 3 heteroatoms. The molecule has 1 aromatic heterocycles. The normalized spacial score (nSPS) is 24.0. The van der Waals surface area contributed by atoms with E-state index in [0.717, 1.165) is 11.7 Å². The fourth-order valence-electron chi connectivity index (χ4n) is 2.66. The summed E-state index contributed by atoms with van der Waals surface area (Å²) in [5, 5.41) is 12.4. The average Bonchev–Trinajstić information content (AvgIpc) is 2.39. The summed E-state index contributed by atoms with van der Waals surface area (Å²) in [6.07, 6.45) is 8.10. The number of anilines is 1. The molecule has 0 saturated heterocycles. The molecule has 0 radical (unpaired) electrons. The van der Waals surface area contributed by atoms with Gasteiger partial charge < -0.3 is 5.32 Å². The maximum absolute atomic E-state index is 8.86. The van der Waals surface area contributed by atoms with E-state index in [9.17, 15) is 0 Å². The van der Waals surface area contributed by atoms with Crippen molar-refractivity contribution in [2.45, 2.75) is 45.1 Å². The number of hydrogen-bond acceptors (Lipinski definition) is 3. The summed E-state index contributed by atoms with van der Waals surface area (Å²) >= 11 is 0. The summed E-state index contributed by atoms with van der Waals surface area (Å²) in [6, 6.07) is 6.25. The van der Waals surface area contributed by atoms with Gasteiger partial charge in [-0.3, -0.25) is 0 Å². The molecule has 2 atom stereocenters. The number of hydrogen-bond donors (Lipinski definition) is 1. The Bertz CT molecular complexity index is 408. The van der Waals surface area contributed by atoms with Crippen LogP contribution in [0.15, 0.2) is 18.3 Å². The second-order valence-electron chi connectivity index (χ2n) is 4.75. The minimum atomic E-state index is 0.523.